The van der Waals surface area contributed by atoms with Crippen LogP contribution in [0.5, 0.6) is 0 Å². The highest BCUT2D eigenvalue weighted by Gasteiger charge is 2.14. The molecular weight excluding hydrogens is 268 g/mol. The molecule has 2 atom stereocenters. The third kappa shape index (κ3) is 12.2. The van der Waals surface area contributed by atoms with Crippen LogP contribution in [0.25, 0.3) is 0 Å². The summed E-state index contributed by atoms with van der Waals surface area (Å²) in [6.45, 7) is 9.85. The second-order valence-electron chi connectivity index (χ2n) is 3.76. The second kappa shape index (κ2) is 13.1. The van der Waals surface area contributed by atoms with E-state index in [-0.39, 0.29) is 0 Å². The standard InChI is InChI=1S/C13H26O7/c1-5-15-7-9-17-11(3)19-13(14)20-12(4)18-10-8-16-6-2/h11-12H,5-10H2,1-4H3. The normalized spacial score (nSPS) is 13.8. The molecule has 7 heteroatoms. The van der Waals surface area contributed by atoms with Crippen molar-refractivity contribution in [3.8, 4) is 0 Å². The summed E-state index contributed by atoms with van der Waals surface area (Å²) in [5.41, 5.74) is 0. The Hall–Kier alpha value is -0.890. The SMILES string of the molecule is CCOCCOC(C)OC(=O)OC(C)OCCOCC. The predicted octanol–water partition coefficient (Wildman–Crippen LogP) is 1.94. The average Bonchev–Trinajstić information content (AvgIpc) is 2.39. The lowest BCUT2D eigenvalue weighted by Crippen LogP contribution is -2.25. The summed E-state index contributed by atoms with van der Waals surface area (Å²) in [6.07, 6.45) is -2.23. The molecule has 0 rings (SSSR count). The highest BCUT2D eigenvalue weighted by Crippen LogP contribution is 2.01. The summed E-state index contributed by atoms with van der Waals surface area (Å²) in [7, 11) is 0. The van der Waals surface area contributed by atoms with E-state index in [9.17, 15) is 4.79 Å². The van der Waals surface area contributed by atoms with Crippen molar-refractivity contribution in [2.24, 2.45) is 0 Å². The summed E-state index contributed by atoms with van der Waals surface area (Å²) >= 11 is 0. The Morgan fingerprint density at radius 1 is 0.800 bits per heavy atom. The van der Waals surface area contributed by atoms with Gasteiger partial charge in [-0.05, 0) is 27.7 Å². The molecular formula is C13H26O7. The number of carbonyl (C=O) groups is 1. The smallest absolute Gasteiger partial charge is 0.405 e. The largest absolute Gasteiger partial charge is 0.512 e. The lowest BCUT2D eigenvalue weighted by molar-refractivity contribution is -0.158. The summed E-state index contributed by atoms with van der Waals surface area (Å²) in [5.74, 6) is 0. The fraction of sp³-hybridized carbons (Fsp3) is 0.923. The molecule has 0 saturated heterocycles. The lowest BCUT2D eigenvalue weighted by atomic mass is 10.7. The van der Waals surface area contributed by atoms with Crippen LogP contribution in [0.15, 0.2) is 0 Å². The van der Waals surface area contributed by atoms with E-state index in [1.165, 1.54) is 0 Å². The van der Waals surface area contributed by atoms with Gasteiger partial charge >= 0.3 is 6.16 Å². The van der Waals surface area contributed by atoms with Gasteiger partial charge in [-0.2, -0.15) is 0 Å². The summed E-state index contributed by atoms with van der Waals surface area (Å²) in [4.78, 5) is 11.4. The van der Waals surface area contributed by atoms with Crippen molar-refractivity contribution in [2.45, 2.75) is 40.3 Å². The molecule has 0 heterocycles. The zero-order valence-corrected chi connectivity index (χ0v) is 12.8. The first-order valence-electron chi connectivity index (χ1n) is 6.86. The minimum absolute atomic E-state index is 0.350. The molecule has 0 N–H and O–H groups in total. The molecule has 0 aliphatic carbocycles. The molecule has 0 aliphatic rings. The Labute approximate surface area is 120 Å². The Morgan fingerprint density at radius 3 is 1.55 bits per heavy atom. The number of rotatable bonds is 12. The zero-order valence-electron chi connectivity index (χ0n) is 12.8. The third-order valence-electron chi connectivity index (χ3n) is 2.09. The molecule has 0 spiro atoms. The van der Waals surface area contributed by atoms with Gasteiger partial charge in [0.25, 0.3) is 0 Å². The van der Waals surface area contributed by atoms with Crippen LogP contribution in [0.4, 0.5) is 4.79 Å². The lowest BCUT2D eigenvalue weighted by Gasteiger charge is -2.17. The number of ether oxygens (including phenoxy) is 6. The fourth-order valence-electron chi connectivity index (χ4n) is 1.20. The van der Waals surface area contributed by atoms with Crippen molar-refractivity contribution in [2.75, 3.05) is 39.6 Å². The van der Waals surface area contributed by atoms with Gasteiger partial charge < -0.3 is 28.4 Å². The van der Waals surface area contributed by atoms with Crippen LogP contribution < -0.4 is 0 Å². The molecule has 0 fully saturated rings. The predicted molar refractivity (Wildman–Crippen MR) is 71.4 cm³/mol. The van der Waals surface area contributed by atoms with E-state index in [1.807, 2.05) is 13.8 Å². The van der Waals surface area contributed by atoms with Gasteiger partial charge in [-0.1, -0.05) is 0 Å². The topological polar surface area (TPSA) is 72.5 Å². The van der Waals surface area contributed by atoms with E-state index in [0.29, 0.717) is 39.6 Å². The van der Waals surface area contributed by atoms with Crippen LogP contribution in [0, 0.1) is 0 Å². The quantitative estimate of drug-likeness (QED) is 0.309. The van der Waals surface area contributed by atoms with E-state index >= 15 is 0 Å². The molecule has 20 heavy (non-hydrogen) atoms. The fourth-order valence-corrected chi connectivity index (χ4v) is 1.20. The number of hydrogen-bond donors (Lipinski definition) is 0. The molecule has 0 saturated carbocycles. The average molecular weight is 294 g/mol. The maximum atomic E-state index is 11.4. The van der Waals surface area contributed by atoms with Crippen LogP contribution >= 0.6 is 0 Å². The molecule has 0 aliphatic heterocycles. The second-order valence-corrected chi connectivity index (χ2v) is 3.76. The molecule has 2 unspecified atom stereocenters. The van der Waals surface area contributed by atoms with Gasteiger partial charge in [0.15, 0.2) is 0 Å². The van der Waals surface area contributed by atoms with Crippen molar-refractivity contribution >= 4 is 6.16 Å². The van der Waals surface area contributed by atoms with Crippen LogP contribution in [0.1, 0.15) is 27.7 Å². The van der Waals surface area contributed by atoms with Crippen molar-refractivity contribution < 1.29 is 33.2 Å². The molecule has 0 amide bonds. The van der Waals surface area contributed by atoms with Crippen molar-refractivity contribution in [3.63, 3.8) is 0 Å². The maximum Gasteiger partial charge on any atom is 0.512 e. The first-order chi connectivity index (χ1) is 9.60. The van der Waals surface area contributed by atoms with Crippen molar-refractivity contribution in [3.05, 3.63) is 0 Å². The number of carbonyl (C=O) groups excluding carboxylic acids is 1. The van der Waals surface area contributed by atoms with Crippen LogP contribution in [-0.2, 0) is 28.4 Å². The summed E-state index contributed by atoms with van der Waals surface area (Å²) in [5, 5.41) is 0. The molecule has 0 aromatic heterocycles. The monoisotopic (exact) mass is 294 g/mol. The summed E-state index contributed by atoms with van der Waals surface area (Å²) in [6, 6.07) is 0. The molecule has 7 nitrogen and oxygen atoms in total. The van der Waals surface area contributed by atoms with Crippen LogP contribution in [0.2, 0.25) is 0 Å². The molecule has 120 valence electrons. The highest BCUT2D eigenvalue weighted by atomic mass is 16.8. The first kappa shape index (κ1) is 19.1. The molecule has 0 bridgehead atoms. The van der Waals surface area contributed by atoms with Gasteiger partial charge in [0.1, 0.15) is 0 Å². The minimum Gasteiger partial charge on any atom is -0.405 e. The zero-order chi connectivity index (χ0) is 15.2. The van der Waals surface area contributed by atoms with Gasteiger partial charge in [0.2, 0.25) is 12.6 Å². The van der Waals surface area contributed by atoms with Crippen molar-refractivity contribution in [1.82, 2.24) is 0 Å². The van der Waals surface area contributed by atoms with Crippen LogP contribution in [-0.4, -0.2) is 58.4 Å². The number of hydrogen-bond acceptors (Lipinski definition) is 7. The van der Waals surface area contributed by atoms with Crippen LogP contribution in [0.3, 0.4) is 0 Å². The van der Waals surface area contributed by atoms with E-state index in [0.717, 1.165) is 0 Å². The molecule has 0 aromatic rings. The van der Waals surface area contributed by atoms with E-state index in [4.69, 9.17) is 28.4 Å². The van der Waals surface area contributed by atoms with Gasteiger partial charge in [-0.25, -0.2) is 4.79 Å². The molecule has 0 radical (unpaired) electrons. The maximum absolute atomic E-state index is 11.4. The Kier molecular flexibility index (Phi) is 12.5. The Balaban J connectivity index is 3.59. The van der Waals surface area contributed by atoms with Gasteiger partial charge in [0.05, 0.1) is 26.4 Å². The Bertz CT molecular complexity index is 213. The Morgan fingerprint density at radius 2 is 1.20 bits per heavy atom. The highest BCUT2D eigenvalue weighted by molar-refractivity contribution is 5.60. The van der Waals surface area contributed by atoms with Gasteiger partial charge in [-0.15, -0.1) is 0 Å². The molecule has 0 aromatic carbocycles. The minimum atomic E-state index is -0.835. The third-order valence-corrected chi connectivity index (χ3v) is 2.09. The van der Waals surface area contributed by atoms with E-state index in [2.05, 4.69) is 0 Å². The van der Waals surface area contributed by atoms with E-state index in [1.54, 1.807) is 13.8 Å². The van der Waals surface area contributed by atoms with Gasteiger partial charge in [0, 0.05) is 13.2 Å². The first-order valence-corrected chi connectivity index (χ1v) is 6.86. The summed E-state index contributed by atoms with van der Waals surface area (Å²) < 4.78 is 30.3. The van der Waals surface area contributed by atoms with E-state index < -0.39 is 18.7 Å². The van der Waals surface area contributed by atoms with Crippen molar-refractivity contribution in [1.29, 1.82) is 0 Å². The van der Waals surface area contributed by atoms with Gasteiger partial charge in [-0.3, -0.25) is 0 Å².